The lowest BCUT2D eigenvalue weighted by molar-refractivity contribution is -0.125. The van der Waals surface area contributed by atoms with E-state index in [1.54, 1.807) is 49.4 Å². The number of benzene rings is 3. The van der Waals surface area contributed by atoms with Gasteiger partial charge in [0.1, 0.15) is 11.9 Å². The van der Waals surface area contributed by atoms with Gasteiger partial charge in [-0.2, -0.15) is 4.31 Å². The van der Waals surface area contributed by atoms with E-state index in [2.05, 4.69) is 21.2 Å². The molecule has 9 heteroatoms. The van der Waals surface area contributed by atoms with E-state index in [1.807, 2.05) is 0 Å². The minimum atomic E-state index is -4.14. The van der Waals surface area contributed by atoms with Crippen molar-refractivity contribution in [3.8, 4) is 0 Å². The Morgan fingerprint density at radius 2 is 1.76 bits per heavy atom. The van der Waals surface area contributed by atoms with Gasteiger partial charge in [0.2, 0.25) is 15.9 Å². The third-order valence-electron chi connectivity index (χ3n) is 5.04. The summed E-state index contributed by atoms with van der Waals surface area (Å²) in [5, 5.41) is 3.12. The lowest BCUT2D eigenvalue weighted by Gasteiger charge is -2.30. The van der Waals surface area contributed by atoms with Crippen molar-refractivity contribution in [3.63, 3.8) is 0 Å². The van der Waals surface area contributed by atoms with Gasteiger partial charge in [-0.3, -0.25) is 4.79 Å². The molecule has 0 heterocycles. The van der Waals surface area contributed by atoms with Crippen LogP contribution in [-0.4, -0.2) is 31.7 Å². The SMILES string of the molecule is CCNC(=O)C(c1ccccc1)N(CCc1ccc(Br)cc1F)S(=O)(=O)c1ccc(Cl)cc1. The molecule has 0 aromatic heterocycles. The minimum absolute atomic E-state index is 0.00610. The van der Waals surface area contributed by atoms with Crippen LogP contribution in [0.3, 0.4) is 0 Å². The summed E-state index contributed by atoms with van der Waals surface area (Å²) < 4.78 is 43.6. The summed E-state index contributed by atoms with van der Waals surface area (Å²) in [4.78, 5) is 13.1. The summed E-state index contributed by atoms with van der Waals surface area (Å²) in [5.74, 6) is -0.917. The molecular weight excluding hydrogens is 531 g/mol. The first-order valence-electron chi connectivity index (χ1n) is 10.3. The maximum Gasteiger partial charge on any atom is 0.244 e. The zero-order valence-electron chi connectivity index (χ0n) is 17.8. The maximum absolute atomic E-state index is 14.5. The first kappa shape index (κ1) is 25.4. The quantitative estimate of drug-likeness (QED) is 0.388. The second kappa shape index (κ2) is 11.2. The number of amides is 1. The molecule has 0 bridgehead atoms. The summed E-state index contributed by atoms with van der Waals surface area (Å²) in [6.45, 7) is 1.98. The highest BCUT2D eigenvalue weighted by atomic mass is 79.9. The van der Waals surface area contributed by atoms with Crippen molar-refractivity contribution in [3.05, 3.63) is 99.2 Å². The molecule has 3 rings (SSSR count). The summed E-state index contributed by atoms with van der Waals surface area (Å²) in [5.41, 5.74) is 0.856. The lowest BCUT2D eigenvalue weighted by atomic mass is 10.1. The van der Waals surface area contributed by atoms with Crippen LogP contribution in [0, 0.1) is 5.82 Å². The fraction of sp³-hybridized carbons (Fsp3) is 0.208. The lowest BCUT2D eigenvalue weighted by Crippen LogP contribution is -2.44. The predicted octanol–water partition coefficient (Wildman–Crippen LogP) is 5.35. The number of hydrogen-bond donors (Lipinski definition) is 1. The summed E-state index contributed by atoms with van der Waals surface area (Å²) in [7, 11) is -4.14. The van der Waals surface area contributed by atoms with Crippen molar-refractivity contribution in [2.75, 3.05) is 13.1 Å². The topological polar surface area (TPSA) is 66.5 Å². The standard InChI is InChI=1S/C24H23BrClFN2O3S/c1-2-28-24(30)23(18-6-4-3-5-7-18)29(15-14-17-8-9-19(25)16-22(17)27)33(31,32)21-12-10-20(26)11-13-21/h3-13,16,23H,2,14-15H2,1H3,(H,28,30). The Morgan fingerprint density at radius 3 is 2.36 bits per heavy atom. The number of nitrogens with zero attached hydrogens (tertiary/aromatic N) is 1. The molecule has 33 heavy (non-hydrogen) atoms. The van der Waals surface area contributed by atoms with Gasteiger partial charge >= 0.3 is 0 Å². The number of sulfonamides is 1. The second-order valence-electron chi connectivity index (χ2n) is 7.26. The molecular formula is C24H23BrClFN2O3S. The van der Waals surface area contributed by atoms with Gasteiger partial charge in [0.15, 0.2) is 0 Å². The Morgan fingerprint density at radius 1 is 1.09 bits per heavy atom. The van der Waals surface area contributed by atoms with Gasteiger partial charge < -0.3 is 5.32 Å². The number of rotatable bonds is 9. The molecule has 0 fully saturated rings. The van der Waals surface area contributed by atoms with E-state index in [-0.39, 0.29) is 17.9 Å². The van der Waals surface area contributed by atoms with Crippen LogP contribution >= 0.6 is 27.5 Å². The average Bonchev–Trinajstić information content (AvgIpc) is 2.78. The molecule has 0 spiro atoms. The van der Waals surface area contributed by atoms with Crippen LogP contribution in [0.1, 0.15) is 24.1 Å². The molecule has 1 atom stereocenters. The van der Waals surface area contributed by atoms with Gasteiger partial charge in [0, 0.05) is 22.6 Å². The largest absolute Gasteiger partial charge is 0.355 e. The first-order chi connectivity index (χ1) is 15.7. The average molecular weight is 554 g/mol. The van der Waals surface area contributed by atoms with E-state index < -0.39 is 27.8 Å². The van der Waals surface area contributed by atoms with Crippen molar-refractivity contribution in [1.29, 1.82) is 0 Å². The van der Waals surface area contributed by atoms with Crippen molar-refractivity contribution in [2.24, 2.45) is 0 Å². The van der Waals surface area contributed by atoms with Crippen LogP contribution in [0.25, 0.3) is 0 Å². The van der Waals surface area contributed by atoms with E-state index in [4.69, 9.17) is 11.6 Å². The Kier molecular flexibility index (Phi) is 8.64. The highest BCUT2D eigenvalue weighted by molar-refractivity contribution is 9.10. The smallest absolute Gasteiger partial charge is 0.244 e. The number of carbonyl (C=O) groups is 1. The molecule has 0 radical (unpaired) electrons. The second-order valence-corrected chi connectivity index (χ2v) is 10.5. The first-order valence-corrected chi connectivity index (χ1v) is 12.9. The molecule has 0 saturated heterocycles. The highest BCUT2D eigenvalue weighted by Gasteiger charge is 2.36. The summed E-state index contributed by atoms with van der Waals surface area (Å²) in [6.07, 6.45) is 0.0780. The molecule has 1 amide bonds. The Hall–Kier alpha value is -2.26. The molecule has 0 aliphatic carbocycles. The van der Waals surface area contributed by atoms with E-state index in [0.717, 1.165) is 4.31 Å². The fourth-order valence-electron chi connectivity index (χ4n) is 3.44. The van der Waals surface area contributed by atoms with E-state index in [0.29, 0.717) is 27.2 Å². The van der Waals surface area contributed by atoms with Crippen LogP contribution in [-0.2, 0) is 21.2 Å². The van der Waals surface area contributed by atoms with Crippen LogP contribution < -0.4 is 5.32 Å². The minimum Gasteiger partial charge on any atom is -0.355 e. The van der Waals surface area contributed by atoms with Crippen molar-refractivity contribution >= 4 is 43.5 Å². The van der Waals surface area contributed by atoms with E-state index >= 15 is 0 Å². The third-order valence-corrected chi connectivity index (χ3v) is 7.66. The van der Waals surface area contributed by atoms with Crippen LogP contribution in [0.5, 0.6) is 0 Å². The van der Waals surface area contributed by atoms with E-state index in [9.17, 15) is 17.6 Å². The molecule has 0 saturated carbocycles. The Balaban J connectivity index is 2.09. The van der Waals surface area contributed by atoms with Crippen LogP contribution in [0.4, 0.5) is 4.39 Å². The molecule has 5 nitrogen and oxygen atoms in total. The van der Waals surface area contributed by atoms with E-state index in [1.165, 1.54) is 30.3 Å². The van der Waals surface area contributed by atoms with Crippen LogP contribution in [0.2, 0.25) is 5.02 Å². The molecule has 1 unspecified atom stereocenters. The van der Waals surface area contributed by atoms with Gasteiger partial charge in [-0.05, 0) is 60.9 Å². The van der Waals surface area contributed by atoms with Crippen molar-refractivity contribution < 1.29 is 17.6 Å². The number of nitrogens with one attached hydrogen (secondary N) is 1. The zero-order chi connectivity index (χ0) is 24.0. The van der Waals surface area contributed by atoms with Gasteiger partial charge in [0.25, 0.3) is 0 Å². The number of hydrogen-bond acceptors (Lipinski definition) is 3. The molecule has 0 aliphatic heterocycles. The molecule has 174 valence electrons. The summed E-state index contributed by atoms with van der Waals surface area (Å²) >= 11 is 9.17. The monoisotopic (exact) mass is 552 g/mol. The van der Waals surface area contributed by atoms with Crippen LogP contribution in [0.15, 0.2) is 82.2 Å². The Labute approximate surface area is 206 Å². The molecule has 3 aromatic carbocycles. The summed E-state index contributed by atoms with van der Waals surface area (Å²) in [6, 6.07) is 17.9. The normalized spacial score (nSPS) is 12.5. The van der Waals surface area contributed by atoms with Gasteiger partial charge in [-0.25, -0.2) is 12.8 Å². The van der Waals surface area contributed by atoms with Gasteiger partial charge in [0.05, 0.1) is 4.90 Å². The molecule has 3 aromatic rings. The van der Waals surface area contributed by atoms with Gasteiger partial charge in [-0.15, -0.1) is 0 Å². The Bertz CT molecular complexity index is 1210. The fourth-order valence-corrected chi connectivity index (χ4v) is 5.48. The van der Waals surface area contributed by atoms with Crippen molar-refractivity contribution in [2.45, 2.75) is 24.3 Å². The molecule has 0 aliphatic rings. The van der Waals surface area contributed by atoms with Crippen molar-refractivity contribution in [1.82, 2.24) is 9.62 Å². The third kappa shape index (κ3) is 6.20. The zero-order valence-corrected chi connectivity index (χ0v) is 21.0. The maximum atomic E-state index is 14.5. The van der Waals surface area contributed by atoms with Gasteiger partial charge in [-0.1, -0.05) is 63.9 Å². The molecule has 1 N–H and O–H groups in total. The number of likely N-dealkylation sites (N-methyl/N-ethyl adjacent to an activating group) is 1. The number of carbonyl (C=O) groups excluding carboxylic acids is 1. The highest BCUT2D eigenvalue weighted by Crippen LogP contribution is 2.30. The predicted molar refractivity (Wildman–Crippen MR) is 131 cm³/mol. The number of halogens is 3.